The van der Waals surface area contributed by atoms with Crippen molar-refractivity contribution in [2.24, 2.45) is 0 Å². The molecule has 0 atom stereocenters. The third-order valence-corrected chi connectivity index (χ3v) is 4.92. The molecule has 5 nitrogen and oxygen atoms in total. The van der Waals surface area contributed by atoms with Gasteiger partial charge in [0.05, 0.1) is 7.11 Å². The smallest absolute Gasteiger partial charge is 0.234 e. The normalized spacial score (nSPS) is 11.5. The molecule has 130 valence electrons. The molecule has 0 radical (unpaired) electrons. The molecule has 0 bridgehead atoms. The summed E-state index contributed by atoms with van der Waals surface area (Å²) in [5.41, 5.74) is 3.55. The van der Waals surface area contributed by atoms with Crippen LogP contribution in [0.2, 0.25) is 0 Å². The topological polar surface area (TPSA) is 52.3 Å². The molecule has 4 aromatic rings. The molecule has 0 spiro atoms. The quantitative estimate of drug-likeness (QED) is 0.532. The lowest BCUT2D eigenvalue weighted by molar-refractivity contribution is 0.414. The first kappa shape index (κ1) is 16.5. The Morgan fingerprint density at radius 1 is 1.08 bits per heavy atom. The first-order valence-corrected chi connectivity index (χ1v) is 9.12. The van der Waals surface area contributed by atoms with E-state index in [2.05, 4.69) is 52.6 Å². The first-order valence-electron chi connectivity index (χ1n) is 8.30. The Kier molecular flexibility index (Phi) is 4.50. The van der Waals surface area contributed by atoms with E-state index in [1.165, 1.54) is 16.9 Å². The second kappa shape index (κ2) is 7.09. The molecule has 0 aliphatic carbocycles. The zero-order chi connectivity index (χ0) is 17.9. The van der Waals surface area contributed by atoms with Crippen molar-refractivity contribution < 1.29 is 4.74 Å². The van der Waals surface area contributed by atoms with E-state index in [4.69, 9.17) is 4.74 Å². The number of hydrogen-bond donors (Lipinski definition) is 0. The van der Waals surface area contributed by atoms with Gasteiger partial charge in [-0.3, -0.25) is 0 Å². The van der Waals surface area contributed by atoms with Crippen molar-refractivity contribution in [2.75, 3.05) is 7.11 Å². The number of hydrogen-bond acceptors (Lipinski definition) is 5. The van der Waals surface area contributed by atoms with Gasteiger partial charge in [-0.2, -0.15) is 9.61 Å². The lowest BCUT2D eigenvalue weighted by atomic mass is 10.1. The zero-order valence-corrected chi connectivity index (χ0v) is 15.4. The third kappa shape index (κ3) is 3.50. The van der Waals surface area contributed by atoms with Gasteiger partial charge < -0.3 is 4.74 Å². The van der Waals surface area contributed by atoms with Crippen molar-refractivity contribution in [3.63, 3.8) is 0 Å². The van der Waals surface area contributed by atoms with Gasteiger partial charge in [0.15, 0.2) is 5.82 Å². The fourth-order valence-corrected chi connectivity index (χ4v) is 3.48. The van der Waals surface area contributed by atoms with Gasteiger partial charge in [-0.25, -0.2) is 0 Å². The van der Waals surface area contributed by atoms with Gasteiger partial charge in [-0.1, -0.05) is 59.4 Å². The molecule has 6 heteroatoms. The molecule has 2 aromatic carbocycles. The molecule has 0 amide bonds. The molecule has 26 heavy (non-hydrogen) atoms. The van der Waals surface area contributed by atoms with Crippen LogP contribution in [0.25, 0.3) is 17.1 Å². The molecule has 4 rings (SSSR count). The summed E-state index contributed by atoms with van der Waals surface area (Å²) >= 11 is 1.53. The van der Waals surface area contributed by atoms with E-state index in [0.717, 1.165) is 32.7 Å². The Morgan fingerprint density at radius 2 is 1.92 bits per heavy atom. The summed E-state index contributed by atoms with van der Waals surface area (Å²) in [6.07, 6.45) is 4.77. The lowest BCUT2D eigenvalue weighted by Crippen LogP contribution is -1.97. The van der Waals surface area contributed by atoms with Gasteiger partial charge in [-0.15, -0.1) is 10.2 Å². The van der Waals surface area contributed by atoms with Gasteiger partial charge in [0.1, 0.15) is 10.8 Å². The van der Waals surface area contributed by atoms with Gasteiger partial charge in [0.25, 0.3) is 0 Å². The average molecular weight is 362 g/mol. The second-order valence-electron chi connectivity index (χ2n) is 6.02. The highest BCUT2D eigenvalue weighted by Crippen LogP contribution is 2.19. The van der Waals surface area contributed by atoms with Crippen LogP contribution in [0.1, 0.15) is 27.5 Å². The van der Waals surface area contributed by atoms with Crippen LogP contribution in [0, 0.1) is 6.92 Å². The second-order valence-corrected chi connectivity index (χ2v) is 7.01. The SMILES string of the molecule is COc1ccc(Cc2nnc3sc(/C=C/c4cccc(C)c4)nn23)cc1. The minimum absolute atomic E-state index is 0.677. The van der Waals surface area contributed by atoms with Crippen molar-refractivity contribution in [1.82, 2.24) is 19.8 Å². The molecular weight excluding hydrogens is 344 g/mol. The Labute approximate surface area is 155 Å². The maximum Gasteiger partial charge on any atom is 0.234 e. The lowest BCUT2D eigenvalue weighted by Gasteiger charge is -2.01. The zero-order valence-electron chi connectivity index (χ0n) is 14.6. The molecule has 0 saturated carbocycles. The molecule has 0 saturated heterocycles. The van der Waals surface area contributed by atoms with Crippen molar-refractivity contribution in [1.29, 1.82) is 0 Å². The molecule has 2 heterocycles. The van der Waals surface area contributed by atoms with Crippen LogP contribution in [0.15, 0.2) is 48.5 Å². The number of benzene rings is 2. The van der Waals surface area contributed by atoms with Crippen LogP contribution < -0.4 is 4.74 Å². The molecule has 2 aromatic heterocycles. The first-order chi connectivity index (χ1) is 12.7. The molecule has 0 aliphatic rings. The summed E-state index contributed by atoms with van der Waals surface area (Å²) in [4.78, 5) is 0.803. The number of rotatable bonds is 5. The monoisotopic (exact) mass is 362 g/mol. The number of aryl methyl sites for hydroxylation is 1. The van der Waals surface area contributed by atoms with E-state index < -0.39 is 0 Å². The van der Waals surface area contributed by atoms with E-state index in [1.807, 2.05) is 34.9 Å². The van der Waals surface area contributed by atoms with Gasteiger partial charge >= 0.3 is 0 Å². The highest BCUT2D eigenvalue weighted by Gasteiger charge is 2.11. The summed E-state index contributed by atoms with van der Waals surface area (Å²) in [6, 6.07) is 16.3. The van der Waals surface area contributed by atoms with E-state index in [9.17, 15) is 0 Å². The van der Waals surface area contributed by atoms with Crippen LogP contribution in [0.4, 0.5) is 0 Å². The molecule has 0 fully saturated rings. The summed E-state index contributed by atoms with van der Waals surface area (Å²) in [5.74, 6) is 1.67. The molecular formula is C20H18N4OS. The maximum absolute atomic E-state index is 5.20. The van der Waals surface area contributed by atoms with Gasteiger partial charge in [0.2, 0.25) is 4.96 Å². The van der Waals surface area contributed by atoms with E-state index >= 15 is 0 Å². The minimum atomic E-state index is 0.677. The van der Waals surface area contributed by atoms with E-state index in [-0.39, 0.29) is 0 Å². The number of fused-ring (bicyclic) bond motifs is 1. The molecule has 0 unspecified atom stereocenters. The van der Waals surface area contributed by atoms with Crippen LogP contribution >= 0.6 is 11.3 Å². The molecule has 0 N–H and O–H groups in total. The number of methoxy groups -OCH3 is 1. The highest BCUT2D eigenvalue weighted by molar-refractivity contribution is 7.17. The maximum atomic E-state index is 5.20. The number of nitrogens with zero attached hydrogens (tertiary/aromatic N) is 4. The van der Waals surface area contributed by atoms with Gasteiger partial charge in [0, 0.05) is 6.42 Å². The fraction of sp³-hybridized carbons (Fsp3) is 0.150. The van der Waals surface area contributed by atoms with Crippen LogP contribution in [-0.2, 0) is 6.42 Å². The average Bonchev–Trinajstić information content (AvgIpc) is 3.22. The Balaban J connectivity index is 1.56. The van der Waals surface area contributed by atoms with Crippen molar-refractivity contribution in [3.05, 3.63) is 76.1 Å². The van der Waals surface area contributed by atoms with Crippen LogP contribution in [-0.4, -0.2) is 26.9 Å². The summed E-state index contributed by atoms with van der Waals surface area (Å²) in [5, 5.41) is 14.1. The van der Waals surface area contributed by atoms with Crippen LogP contribution in [0.3, 0.4) is 0 Å². The Bertz CT molecular complexity index is 1060. The summed E-state index contributed by atoms with van der Waals surface area (Å²) in [6.45, 7) is 2.09. The Hall–Kier alpha value is -2.99. The summed E-state index contributed by atoms with van der Waals surface area (Å²) in [7, 11) is 1.66. The van der Waals surface area contributed by atoms with Gasteiger partial charge in [-0.05, 0) is 36.3 Å². The van der Waals surface area contributed by atoms with Crippen molar-refractivity contribution >= 4 is 28.4 Å². The number of ether oxygens (including phenoxy) is 1. The summed E-state index contributed by atoms with van der Waals surface area (Å²) < 4.78 is 7.02. The van der Waals surface area contributed by atoms with E-state index in [1.54, 1.807) is 7.11 Å². The van der Waals surface area contributed by atoms with Crippen LogP contribution in [0.5, 0.6) is 5.75 Å². The minimum Gasteiger partial charge on any atom is -0.497 e. The Morgan fingerprint density at radius 3 is 2.69 bits per heavy atom. The predicted octanol–water partition coefficient (Wildman–Crippen LogP) is 4.26. The highest BCUT2D eigenvalue weighted by atomic mass is 32.1. The fourth-order valence-electron chi connectivity index (χ4n) is 2.72. The number of aromatic nitrogens is 4. The standard InChI is InChI=1S/C20H18N4OS/c1-14-4-3-5-15(12-14)8-11-19-23-24-18(21-22-20(24)26-19)13-16-6-9-17(25-2)10-7-16/h3-12H,13H2,1-2H3/b11-8+. The van der Waals surface area contributed by atoms with E-state index in [0.29, 0.717) is 6.42 Å². The van der Waals surface area contributed by atoms with Crippen molar-refractivity contribution in [3.8, 4) is 5.75 Å². The third-order valence-electron chi connectivity index (χ3n) is 4.05. The largest absolute Gasteiger partial charge is 0.497 e. The predicted molar refractivity (Wildman–Crippen MR) is 105 cm³/mol. The van der Waals surface area contributed by atoms with Crippen molar-refractivity contribution in [2.45, 2.75) is 13.3 Å². The molecule has 0 aliphatic heterocycles.